The van der Waals surface area contributed by atoms with E-state index in [-0.39, 0.29) is 16.7 Å². The Balaban J connectivity index is 1.26. The van der Waals surface area contributed by atoms with E-state index in [0.29, 0.717) is 64.5 Å². The number of ether oxygens (including phenoxy) is 1. The smallest absolute Gasteiger partial charge is 0.272 e. The summed E-state index contributed by atoms with van der Waals surface area (Å²) in [6, 6.07) is 14.3. The van der Waals surface area contributed by atoms with Gasteiger partial charge in [-0.15, -0.1) is 0 Å². The summed E-state index contributed by atoms with van der Waals surface area (Å²) in [5.41, 5.74) is 2.04. The van der Waals surface area contributed by atoms with Crippen molar-refractivity contribution in [3.63, 3.8) is 0 Å². The van der Waals surface area contributed by atoms with Crippen molar-refractivity contribution in [1.82, 2.24) is 24.3 Å². The average molecular weight is 526 g/mol. The number of aromatic nitrogens is 2. The van der Waals surface area contributed by atoms with Gasteiger partial charge in [0.2, 0.25) is 15.9 Å². The molecule has 2 aromatic carbocycles. The molecule has 3 heterocycles. The Morgan fingerprint density at radius 3 is 2.51 bits per heavy atom. The van der Waals surface area contributed by atoms with Gasteiger partial charge < -0.3 is 15.0 Å². The minimum atomic E-state index is -3.56. The van der Waals surface area contributed by atoms with Crippen molar-refractivity contribution in [1.29, 1.82) is 0 Å². The lowest BCUT2D eigenvalue weighted by Crippen LogP contribution is -2.40. The molecule has 2 amide bonds. The molecule has 0 bridgehead atoms. The first-order chi connectivity index (χ1) is 17.9. The fourth-order valence-electron chi connectivity index (χ4n) is 4.79. The Hall–Kier alpha value is -3.28. The van der Waals surface area contributed by atoms with Crippen LogP contribution in [0.2, 0.25) is 0 Å². The maximum Gasteiger partial charge on any atom is 0.272 e. The Morgan fingerprint density at radius 2 is 1.78 bits per heavy atom. The van der Waals surface area contributed by atoms with Crippen LogP contribution in [0.5, 0.6) is 0 Å². The van der Waals surface area contributed by atoms with Gasteiger partial charge in [0.05, 0.1) is 30.2 Å². The molecule has 2 aliphatic rings. The highest BCUT2D eigenvalue weighted by Gasteiger charge is 2.26. The quantitative estimate of drug-likeness (QED) is 0.427. The maximum absolute atomic E-state index is 12.9. The van der Waals surface area contributed by atoms with Crippen LogP contribution in [-0.4, -0.2) is 85.2 Å². The number of benzene rings is 2. The fourth-order valence-corrected chi connectivity index (χ4v) is 6.20. The summed E-state index contributed by atoms with van der Waals surface area (Å²) in [4.78, 5) is 26.8. The van der Waals surface area contributed by atoms with Gasteiger partial charge in [0, 0.05) is 44.5 Å². The Kier molecular flexibility index (Phi) is 7.54. The normalized spacial score (nSPS) is 17.0. The number of hydrogen-bond donors (Lipinski definition) is 1. The zero-order valence-corrected chi connectivity index (χ0v) is 21.5. The molecule has 2 fully saturated rings. The highest BCUT2D eigenvalue weighted by atomic mass is 32.2. The molecular formula is C26H31N5O5S. The third-order valence-corrected chi connectivity index (χ3v) is 8.71. The van der Waals surface area contributed by atoms with Crippen molar-refractivity contribution >= 4 is 32.7 Å². The zero-order chi connectivity index (χ0) is 25.8. The van der Waals surface area contributed by atoms with Crippen molar-refractivity contribution < 1.29 is 22.7 Å². The van der Waals surface area contributed by atoms with E-state index in [0.717, 1.165) is 29.4 Å². The molecule has 11 heteroatoms. The molecule has 1 N–H and O–H groups in total. The monoisotopic (exact) mass is 525 g/mol. The number of fused-ring (bicyclic) bond motifs is 1. The van der Waals surface area contributed by atoms with Gasteiger partial charge in [-0.1, -0.05) is 30.3 Å². The van der Waals surface area contributed by atoms with Crippen LogP contribution in [0.15, 0.2) is 53.4 Å². The van der Waals surface area contributed by atoms with Crippen molar-refractivity contribution in [2.75, 3.05) is 45.9 Å². The Bertz CT molecular complexity index is 1380. The van der Waals surface area contributed by atoms with Gasteiger partial charge in [-0.05, 0) is 36.6 Å². The number of sulfonamides is 1. The molecule has 10 nitrogen and oxygen atoms in total. The average Bonchev–Trinajstić information content (AvgIpc) is 3.50. The number of likely N-dealkylation sites (tertiary alicyclic amines) is 1. The molecule has 0 unspecified atom stereocenters. The molecule has 2 aliphatic heterocycles. The van der Waals surface area contributed by atoms with E-state index in [1.165, 1.54) is 4.31 Å². The second kappa shape index (κ2) is 11.0. The number of carbonyl (C=O) groups is 2. The van der Waals surface area contributed by atoms with E-state index in [2.05, 4.69) is 10.4 Å². The highest BCUT2D eigenvalue weighted by molar-refractivity contribution is 7.89. The van der Waals surface area contributed by atoms with Crippen LogP contribution in [0, 0.1) is 0 Å². The zero-order valence-electron chi connectivity index (χ0n) is 20.6. The number of nitrogens with zero attached hydrogens (tertiary/aromatic N) is 4. The summed E-state index contributed by atoms with van der Waals surface area (Å²) in [6.07, 6.45) is 2.21. The van der Waals surface area contributed by atoms with E-state index in [1.54, 1.807) is 28.9 Å². The van der Waals surface area contributed by atoms with Crippen LogP contribution in [0.4, 0.5) is 0 Å². The second-order valence-electron chi connectivity index (χ2n) is 9.28. The summed E-state index contributed by atoms with van der Waals surface area (Å²) < 4.78 is 34.3. The maximum atomic E-state index is 12.9. The first-order valence-corrected chi connectivity index (χ1v) is 14.1. The highest BCUT2D eigenvalue weighted by Crippen LogP contribution is 2.22. The van der Waals surface area contributed by atoms with Gasteiger partial charge in [-0.2, -0.15) is 9.40 Å². The third kappa shape index (κ3) is 5.53. The largest absolute Gasteiger partial charge is 0.379 e. The first-order valence-electron chi connectivity index (χ1n) is 12.6. The van der Waals surface area contributed by atoms with Crippen molar-refractivity contribution in [3.8, 4) is 0 Å². The van der Waals surface area contributed by atoms with Crippen LogP contribution < -0.4 is 5.32 Å². The van der Waals surface area contributed by atoms with Crippen molar-refractivity contribution in [2.24, 2.45) is 0 Å². The molecule has 0 aliphatic carbocycles. The fraction of sp³-hybridized carbons (Fsp3) is 0.423. The molecule has 37 heavy (non-hydrogen) atoms. The summed E-state index contributed by atoms with van der Waals surface area (Å²) >= 11 is 0. The molecule has 0 atom stereocenters. The molecule has 0 saturated carbocycles. The Labute approximate surface area is 216 Å². The Morgan fingerprint density at radius 1 is 1.03 bits per heavy atom. The summed E-state index contributed by atoms with van der Waals surface area (Å²) in [5, 5.41) is 8.28. The number of nitrogens with one attached hydrogen (secondary N) is 1. The number of rotatable bonds is 9. The SMILES string of the molecule is O=C(NCCCN1CCCC1=O)c1nn(Cc2ccc(S(=O)(=O)N3CCOCC3)cc2)c2ccccc12. The number of amides is 2. The predicted molar refractivity (Wildman–Crippen MR) is 138 cm³/mol. The summed E-state index contributed by atoms with van der Waals surface area (Å²) in [6.45, 7) is 3.80. The molecule has 3 aromatic rings. The van der Waals surface area contributed by atoms with E-state index in [9.17, 15) is 18.0 Å². The van der Waals surface area contributed by atoms with Gasteiger partial charge in [-0.25, -0.2) is 8.42 Å². The van der Waals surface area contributed by atoms with E-state index >= 15 is 0 Å². The standard InChI is InChI=1S/C26H31N5O5S/c32-24-7-3-13-29(24)14-4-12-27-26(33)25-22-5-1-2-6-23(22)31(28-25)19-20-8-10-21(11-9-20)37(34,35)30-15-17-36-18-16-30/h1-2,5-6,8-11H,3-4,7,12-19H2,(H,27,33). The lowest BCUT2D eigenvalue weighted by Gasteiger charge is -2.26. The van der Waals surface area contributed by atoms with Gasteiger partial charge in [0.25, 0.3) is 5.91 Å². The minimum Gasteiger partial charge on any atom is -0.379 e. The number of para-hydroxylation sites is 1. The summed E-state index contributed by atoms with van der Waals surface area (Å²) in [5.74, 6) is -0.0718. The topological polar surface area (TPSA) is 114 Å². The molecule has 2 saturated heterocycles. The predicted octanol–water partition coefficient (Wildman–Crippen LogP) is 1.85. The lowest BCUT2D eigenvalue weighted by molar-refractivity contribution is -0.127. The number of carbonyl (C=O) groups excluding carboxylic acids is 2. The van der Waals surface area contributed by atoms with Crippen LogP contribution in [0.3, 0.4) is 0 Å². The van der Waals surface area contributed by atoms with Crippen molar-refractivity contribution in [2.45, 2.75) is 30.7 Å². The van der Waals surface area contributed by atoms with Gasteiger partial charge in [0.1, 0.15) is 0 Å². The lowest BCUT2D eigenvalue weighted by atomic mass is 10.2. The second-order valence-corrected chi connectivity index (χ2v) is 11.2. The summed E-state index contributed by atoms with van der Waals surface area (Å²) in [7, 11) is -3.56. The van der Waals surface area contributed by atoms with Crippen LogP contribution in [0.25, 0.3) is 10.9 Å². The van der Waals surface area contributed by atoms with E-state index in [1.807, 2.05) is 29.2 Å². The van der Waals surface area contributed by atoms with E-state index in [4.69, 9.17) is 4.74 Å². The van der Waals surface area contributed by atoms with Gasteiger partial charge in [-0.3, -0.25) is 14.3 Å². The van der Waals surface area contributed by atoms with Gasteiger partial charge in [0.15, 0.2) is 5.69 Å². The molecule has 1 aromatic heterocycles. The van der Waals surface area contributed by atoms with Gasteiger partial charge >= 0.3 is 0 Å². The van der Waals surface area contributed by atoms with Crippen LogP contribution in [0.1, 0.15) is 35.3 Å². The van der Waals surface area contributed by atoms with Crippen molar-refractivity contribution in [3.05, 3.63) is 59.8 Å². The minimum absolute atomic E-state index is 0.183. The third-order valence-electron chi connectivity index (χ3n) is 6.80. The molecule has 0 radical (unpaired) electrons. The number of hydrogen-bond acceptors (Lipinski definition) is 6. The molecular weight excluding hydrogens is 494 g/mol. The first kappa shape index (κ1) is 25.4. The van der Waals surface area contributed by atoms with Crippen LogP contribution >= 0.6 is 0 Å². The molecule has 196 valence electrons. The molecule has 5 rings (SSSR count). The number of morpholine rings is 1. The van der Waals surface area contributed by atoms with E-state index < -0.39 is 10.0 Å². The molecule has 0 spiro atoms. The van der Waals surface area contributed by atoms with Crippen LogP contribution in [-0.2, 0) is 26.1 Å².